The van der Waals surface area contributed by atoms with Gasteiger partial charge in [0.1, 0.15) is 11.3 Å². The Labute approximate surface area is 142 Å². The van der Waals surface area contributed by atoms with E-state index < -0.39 is 29.3 Å². The number of nitrogens with zero attached hydrogens (tertiary/aromatic N) is 1. The summed E-state index contributed by atoms with van der Waals surface area (Å²) in [6, 6.07) is 10.9. The molecule has 0 aliphatic carbocycles. The molecule has 0 amide bonds. The fourth-order valence-electron chi connectivity index (χ4n) is 1.94. The summed E-state index contributed by atoms with van der Waals surface area (Å²) >= 11 is 0. The van der Waals surface area contributed by atoms with Gasteiger partial charge in [0.2, 0.25) is 0 Å². The number of nitro groups is 1. The van der Waals surface area contributed by atoms with Crippen LogP contribution in [-0.2, 0) is 9.53 Å². The Morgan fingerprint density at radius 3 is 2.28 bits per heavy atom. The molecule has 0 unspecified atom stereocenters. The van der Waals surface area contributed by atoms with Gasteiger partial charge in [-0.3, -0.25) is 19.7 Å². The third kappa shape index (κ3) is 4.71. The van der Waals surface area contributed by atoms with Crippen molar-refractivity contribution in [3.8, 4) is 5.75 Å². The van der Waals surface area contributed by atoms with Crippen LogP contribution in [0.25, 0.3) is 0 Å². The highest BCUT2D eigenvalue weighted by Gasteiger charge is 2.17. The summed E-state index contributed by atoms with van der Waals surface area (Å²) in [4.78, 5) is 45.1. The largest absolute Gasteiger partial charge is 0.454 e. The number of carbonyl (C=O) groups is 3. The summed E-state index contributed by atoms with van der Waals surface area (Å²) < 4.78 is 9.84. The lowest BCUT2D eigenvalue weighted by atomic mass is 10.1. The molecule has 0 aliphatic heterocycles. The number of nitro benzene ring substituents is 1. The van der Waals surface area contributed by atoms with Crippen LogP contribution in [0.3, 0.4) is 0 Å². The first-order valence-corrected chi connectivity index (χ1v) is 7.10. The minimum Gasteiger partial charge on any atom is -0.454 e. The molecule has 2 aromatic carbocycles. The normalized spacial score (nSPS) is 9.96. The second-order valence-electron chi connectivity index (χ2n) is 4.89. The topological polar surface area (TPSA) is 113 Å². The second kappa shape index (κ2) is 7.82. The molecule has 8 nitrogen and oxygen atoms in total. The molecule has 0 N–H and O–H groups in total. The molecule has 8 heteroatoms. The average Bonchev–Trinajstić information content (AvgIpc) is 2.59. The van der Waals surface area contributed by atoms with Crippen molar-refractivity contribution in [2.24, 2.45) is 0 Å². The Balaban J connectivity index is 2.03. The summed E-state index contributed by atoms with van der Waals surface area (Å²) in [5.41, 5.74) is 0.0322. The number of hydrogen-bond acceptors (Lipinski definition) is 7. The maximum atomic E-state index is 12.1. The van der Waals surface area contributed by atoms with E-state index in [2.05, 4.69) is 0 Å². The van der Waals surface area contributed by atoms with E-state index in [9.17, 15) is 24.5 Å². The summed E-state index contributed by atoms with van der Waals surface area (Å²) in [6.07, 6.45) is 0. The van der Waals surface area contributed by atoms with Crippen molar-refractivity contribution >= 4 is 23.4 Å². The molecule has 0 fully saturated rings. The number of rotatable bonds is 6. The molecule has 0 saturated heterocycles. The van der Waals surface area contributed by atoms with Crippen molar-refractivity contribution in [2.75, 3.05) is 6.61 Å². The molecule has 0 aliphatic rings. The van der Waals surface area contributed by atoms with Crippen LogP contribution in [0.2, 0.25) is 0 Å². The van der Waals surface area contributed by atoms with Gasteiger partial charge >= 0.3 is 11.9 Å². The number of para-hydroxylation sites is 1. The zero-order chi connectivity index (χ0) is 18.4. The Hall–Kier alpha value is -3.55. The minimum absolute atomic E-state index is 0.00852. The van der Waals surface area contributed by atoms with Crippen molar-refractivity contribution in [1.82, 2.24) is 0 Å². The molecule has 0 atom stereocenters. The van der Waals surface area contributed by atoms with Gasteiger partial charge in [-0.1, -0.05) is 12.1 Å². The van der Waals surface area contributed by atoms with E-state index in [1.165, 1.54) is 43.3 Å². The van der Waals surface area contributed by atoms with Gasteiger partial charge in [0, 0.05) is 24.6 Å². The number of hydrogen-bond donors (Lipinski definition) is 0. The smallest absolute Gasteiger partial charge is 0.342 e. The van der Waals surface area contributed by atoms with Gasteiger partial charge in [-0.15, -0.1) is 0 Å². The van der Waals surface area contributed by atoms with Gasteiger partial charge in [-0.2, -0.15) is 0 Å². The number of carbonyl (C=O) groups excluding carboxylic acids is 3. The van der Waals surface area contributed by atoms with Crippen molar-refractivity contribution in [1.29, 1.82) is 0 Å². The van der Waals surface area contributed by atoms with Crippen LogP contribution in [-0.4, -0.2) is 29.3 Å². The molecular formula is C17H13NO7. The van der Waals surface area contributed by atoms with Gasteiger partial charge in [-0.25, -0.2) is 4.79 Å². The lowest BCUT2D eigenvalue weighted by Crippen LogP contribution is -2.15. The zero-order valence-electron chi connectivity index (χ0n) is 13.1. The maximum Gasteiger partial charge on any atom is 0.342 e. The second-order valence-corrected chi connectivity index (χ2v) is 4.89. The Kier molecular flexibility index (Phi) is 5.57. The van der Waals surface area contributed by atoms with Crippen LogP contribution in [0.5, 0.6) is 5.75 Å². The quantitative estimate of drug-likeness (QED) is 0.260. The van der Waals surface area contributed by atoms with E-state index in [0.717, 1.165) is 0 Å². The van der Waals surface area contributed by atoms with Crippen LogP contribution in [0.1, 0.15) is 27.6 Å². The highest BCUT2D eigenvalue weighted by molar-refractivity contribution is 6.00. The van der Waals surface area contributed by atoms with Crippen LogP contribution < -0.4 is 4.74 Å². The first kappa shape index (κ1) is 17.8. The standard InChI is InChI=1S/C17H13NO7/c1-11(19)25-16-5-3-2-4-14(16)17(21)24-10-15(20)12-6-8-13(9-7-12)18(22)23/h2-9H,10H2,1H3. The highest BCUT2D eigenvalue weighted by Crippen LogP contribution is 2.19. The SMILES string of the molecule is CC(=O)Oc1ccccc1C(=O)OCC(=O)c1ccc([N+](=O)[O-])cc1. The number of non-ortho nitro benzene ring substituents is 1. The van der Waals surface area contributed by atoms with Crippen molar-refractivity contribution in [3.05, 3.63) is 69.8 Å². The van der Waals surface area contributed by atoms with E-state index in [1.54, 1.807) is 12.1 Å². The molecule has 0 radical (unpaired) electrons. The molecule has 2 aromatic rings. The Morgan fingerprint density at radius 1 is 1.04 bits per heavy atom. The lowest BCUT2D eigenvalue weighted by Gasteiger charge is -2.08. The van der Waals surface area contributed by atoms with E-state index in [0.29, 0.717) is 0 Å². The third-order valence-corrected chi connectivity index (χ3v) is 3.10. The van der Waals surface area contributed by atoms with E-state index in [-0.39, 0.29) is 22.6 Å². The molecule has 0 aromatic heterocycles. The van der Waals surface area contributed by atoms with Gasteiger partial charge in [0.25, 0.3) is 5.69 Å². The Bertz CT molecular complexity index is 827. The number of benzene rings is 2. The van der Waals surface area contributed by atoms with E-state index >= 15 is 0 Å². The molecule has 0 saturated carbocycles. The van der Waals surface area contributed by atoms with Gasteiger partial charge in [-0.05, 0) is 24.3 Å². The van der Waals surface area contributed by atoms with E-state index in [4.69, 9.17) is 9.47 Å². The highest BCUT2D eigenvalue weighted by atomic mass is 16.6. The maximum absolute atomic E-state index is 12.1. The van der Waals surface area contributed by atoms with Crippen LogP contribution in [0.4, 0.5) is 5.69 Å². The minimum atomic E-state index is -0.827. The third-order valence-electron chi connectivity index (χ3n) is 3.10. The lowest BCUT2D eigenvalue weighted by molar-refractivity contribution is -0.384. The van der Waals surface area contributed by atoms with Gasteiger partial charge in [0.05, 0.1) is 4.92 Å². The van der Waals surface area contributed by atoms with Crippen molar-refractivity contribution in [2.45, 2.75) is 6.92 Å². The van der Waals surface area contributed by atoms with Crippen LogP contribution in [0.15, 0.2) is 48.5 Å². The number of esters is 2. The molecular weight excluding hydrogens is 330 g/mol. The first-order chi connectivity index (χ1) is 11.9. The van der Waals surface area contributed by atoms with Crippen molar-refractivity contribution in [3.63, 3.8) is 0 Å². The molecule has 0 heterocycles. The summed E-state index contributed by atoms with van der Waals surface area (Å²) in [7, 11) is 0. The van der Waals surface area contributed by atoms with Gasteiger partial charge in [0.15, 0.2) is 12.4 Å². The molecule has 128 valence electrons. The predicted molar refractivity (Wildman–Crippen MR) is 85.5 cm³/mol. The van der Waals surface area contributed by atoms with Gasteiger partial charge < -0.3 is 9.47 Å². The monoisotopic (exact) mass is 343 g/mol. The fourth-order valence-corrected chi connectivity index (χ4v) is 1.94. The number of Topliss-reactive ketones (excluding diaryl/α,β-unsaturated/α-hetero) is 1. The molecule has 0 spiro atoms. The first-order valence-electron chi connectivity index (χ1n) is 7.10. The molecule has 25 heavy (non-hydrogen) atoms. The van der Waals surface area contributed by atoms with Crippen molar-refractivity contribution < 1.29 is 28.8 Å². The number of ketones is 1. The van der Waals surface area contributed by atoms with Crippen LogP contribution >= 0.6 is 0 Å². The number of ether oxygens (including phenoxy) is 2. The predicted octanol–water partition coefficient (Wildman–Crippen LogP) is 2.56. The summed E-state index contributed by atoms with van der Waals surface area (Å²) in [5.74, 6) is -1.91. The summed E-state index contributed by atoms with van der Waals surface area (Å²) in [6.45, 7) is 0.644. The Morgan fingerprint density at radius 2 is 1.68 bits per heavy atom. The van der Waals surface area contributed by atoms with E-state index in [1.807, 2.05) is 0 Å². The fraction of sp³-hybridized carbons (Fsp3) is 0.118. The zero-order valence-corrected chi connectivity index (χ0v) is 13.1. The van der Waals surface area contributed by atoms with Crippen LogP contribution in [0, 0.1) is 10.1 Å². The molecule has 0 bridgehead atoms. The summed E-state index contributed by atoms with van der Waals surface area (Å²) in [5, 5.41) is 10.6. The molecule has 2 rings (SSSR count). The average molecular weight is 343 g/mol.